The third-order valence-corrected chi connectivity index (χ3v) is 2.06. The molecular weight excluding hydrogens is 210 g/mol. The summed E-state index contributed by atoms with van der Waals surface area (Å²) in [4.78, 5) is 23.1. The van der Waals surface area contributed by atoms with E-state index >= 15 is 0 Å². The maximum atomic E-state index is 11.4. The molecule has 0 aliphatic rings. The first kappa shape index (κ1) is 14.7. The number of hydrogen-bond acceptors (Lipinski definition) is 3. The van der Waals surface area contributed by atoms with Crippen LogP contribution in [0.5, 0.6) is 0 Å². The monoisotopic (exact) mass is 231 g/mol. The lowest BCUT2D eigenvalue weighted by molar-refractivity contribution is -0.137. The normalized spacial score (nSPS) is 9.88. The van der Waals surface area contributed by atoms with Crippen LogP contribution in [0.25, 0.3) is 0 Å². The lowest BCUT2D eigenvalue weighted by Gasteiger charge is -2.16. The highest BCUT2D eigenvalue weighted by molar-refractivity contribution is 5.74. The van der Waals surface area contributed by atoms with E-state index in [1.54, 1.807) is 7.05 Å². The average Bonchev–Trinajstić information content (AvgIpc) is 2.25. The van der Waals surface area contributed by atoms with Crippen LogP contribution < -0.4 is 10.6 Å². The molecule has 0 aliphatic heterocycles. The number of aliphatic carboxylic acids is 1. The van der Waals surface area contributed by atoms with Crippen molar-refractivity contribution in [2.75, 3.05) is 33.2 Å². The molecule has 6 nitrogen and oxygen atoms in total. The summed E-state index contributed by atoms with van der Waals surface area (Å²) < 4.78 is 0. The van der Waals surface area contributed by atoms with Crippen molar-refractivity contribution in [3.05, 3.63) is 0 Å². The van der Waals surface area contributed by atoms with Crippen molar-refractivity contribution in [2.45, 2.75) is 19.8 Å². The summed E-state index contributed by atoms with van der Waals surface area (Å²) in [5, 5.41) is 14.3. The Labute approximate surface area is 96.0 Å². The first-order valence-electron chi connectivity index (χ1n) is 5.49. The van der Waals surface area contributed by atoms with Gasteiger partial charge in [0.2, 0.25) is 0 Å². The van der Waals surface area contributed by atoms with Crippen LogP contribution in [0.3, 0.4) is 0 Å². The van der Waals surface area contributed by atoms with E-state index in [0.717, 1.165) is 19.5 Å². The Bertz CT molecular complexity index is 221. The molecule has 0 heterocycles. The zero-order valence-corrected chi connectivity index (χ0v) is 9.95. The van der Waals surface area contributed by atoms with Crippen LogP contribution in [0.2, 0.25) is 0 Å². The number of carbonyl (C=O) groups excluding carboxylic acids is 1. The molecule has 2 amide bonds. The number of nitrogens with one attached hydrogen (secondary N) is 2. The third-order valence-electron chi connectivity index (χ3n) is 2.06. The summed E-state index contributed by atoms with van der Waals surface area (Å²) in [5.41, 5.74) is 0. The second-order valence-electron chi connectivity index (χ2n) is 3.50. The molecule has 0 bridgehead atoms. The molecule has 0 saturated heterocycles. The molecule has 3 N–H and O–H groups in total. The Morgan fingerprint density at radius 3 is 2.56 bits per heavy atom. The van der Waals surface area contributed by atoms with E-state index in [9.17, 15) is 9.59 Å². The minimum atomic E-state index is -0.896. The summed E-state index contributed by atoms with van der Waals surface area (Å²) in [6.07, 6.45) is 0.841. The smallest absolute Gasteiger partial charge is 0.317 e. The number of nitrogens with zero attached hydrogens (tertiary/aromatic N) is 1. The van der Waals surface area contributed by atoms with Gasteiger partial charge in [0.15, 0.2) is 0 Å². The summed E-state index contributed by atoms with van der Waals surface area (Å²) >= 11 is 0. The molecule has 0 fully saturated rings. The van der Waals surface area contributed by atoms with Gasteiger partial charge in [-0.1, -0.05) is 6.92 Å². The fourth-order valence-electron chi connectivity index (χ4n) is 1.09. The predicted molar refractivity (Wildman–Crippen MR) is 61.4 cm³/mol. The van der Waals surface area contributed by atoms with Crippen molar-refractivity contribution < 1.29 is 14.7 Å². The number of hydrogen-bond donors (Lipinski definition) is 3. The second-order valence-corrected chi connectivity index (χ2v) is 3.50. The van der Waals surface area contributed by atoms with E-state index in [1.165, 1.54) is 4.90 Å². The highest BCUT2D eigenvalue weighted by atomic mass is 16.4. The molecule has 0 radical (unpaired) electrons. The Morgan fingerprint density at radius 2 is 2.00 bits per heavy atom. The summed E-state index contributed by atoms with van der Waals surface area (Å²) in [7, 11) is 1.59. The number of carbonyl (C=O) groups is 2. The minimum absolute atomic E-state index is 0.0265. The first-order chi connectivity index (χ1) is 7.57. The summed E-state index contributed by atoms with van der Waals surface area (Å²) in [6.45, 7) is 4.65. The first-order valence-corrected chi connectivity index (χ1v) is 5.49. The molecule has 0 unspecified atom stereocenters. The molecule has 6 heteroatoms. The lowest BCUT2D eigenvalue weighted by atomic mass is 10.4. The number of carboxylic acid groups (broad SMARTS) is 1. The molecule has 94 valence electrons. The van der Waals surface area contributed by atoms with Crippen molar-refractivity contribution >= 4 is 12.0 Å². The van der Waals surface area contributed by atoms with Gasteiger partial charge in [-0.3, -0.25) is 4.79 Å². The Balaban J connectivity index is 3.51. The van der Waals surface area contributed by atoms with Crippen molar-refractivity contribution in [1.82, 2.24) is 15.5 Å². The second kappa shape index (κ2) is 8.96. The number of urea groups is 1. The van der Waals surface area contributed by atoms with Crippen LogP contribution in [0.15, 0.2) is 0 Å². The summed E-state index contributed by atoms with van der Waals surface area (Å²) in [5.74, 6) is -0.896. The van der Waals surface area contributed by atoms with Crippen LogP contribution >= 0.6 is 0 Å². The van der Waals surface area contributed by atoms with E-state index in [1.807, 2.05) is 6.92 Å². The van der Waals surface area contributed by atoms with Crippen molar-refractivity contribution in [1.29, 1.82) is 0 Å². The quantitative estimate of drug-likeness (QED) is 0.518. The van der Waals surface area contributed by atoms with E-state index in [4.69, 9.17) is 5.11 Å². The SMILES string of the molecule is CCNCCCNC(=O)N(C)CCC(=O)O. The van der Waals surface area contributed by atoms with Gasteiger partial charge in [0.25, 0.3) is 0 Å². The van der Waals surface area contributed by atoms with Crippen molar-refractivity contribution in [3.8, 4) is 0 Å². The van der Waals surface area contributed by atoms with Crippen molar-refractivity contribution in [3.63, 3.8) is 0 Å². The highest BCUT2D eigenvalue weighted by Gasteiger charge is 2.08. The number of rotatable bonds is 8. The van der Waals surface area contributed by atoms with Gasteiger partial charge in [0, 0.05) is 20.1 Å². The van der Waals surface area contributed by atoms with Gasteiger partial charge < -0.3 is 20.6 Å². The predicted octanol–water partition coefficient (Wildman–Crippen LogP) is 0.102. The average molecular weight is 231 g/mol. The fourth-order valence-corrected chi connectivity index (χ4v) is 1.09. The highest BCUT2D eigenvalue weighted by Crippen LogP contribution is 1.88. The molecule has 0 aromatic carbocycles. The Morgan fingerprint density at radius 1 is 1.31 bits per heavy atom. The maximum Gasteiger partial charge on any atom is 0.317 e. The zero-order valence-electron chi connectivity index (χ0n) is 9.95. The molecule has 0 spiro atoms. The van der Waals surface area contributed by atoms with E-state index in [0.29, 0.717) is 6.54 Å². The number of amides is 2. The van der Waals surface area contributed by atoms with E-state index < -0.39 is 5.97 Å². The zero-order chi connectivity index (χ0) is 12.4. The minimum Gasteiger partial charge on any atom is -0.481 e. The largest absolute Gasteiger partial charge is 0.481 e. The molecular formula is C10H21N3O3. The van der Waals surface area contributed by atoms with Crippen LogP contribution in [0, 0.1) is 0 Å². The van der Waals surface area contributed by atoms with Crippen LogP contribution in [0.4, 0.5) is 4.79 Å². The Hall–Kier alpha value is -1.30. The van der Waals surface area contributed by atoms with E-state index in [-0.39, 0.29) is 19.0 Å². The molecule has 0 aromatic rings. The molecule has 0 atom stereocenters. The lowest BCUT2D eigenvalue weighted by Crippen LogP contribution is -2.39. The van der Waals surface area contributed by atoms with Crippen molar-refractivity contribution in [2.24, 2.45) is 0 Å². The fraction of sp³-hybridized carbons (Fsp3) is 0.800. The summed E-state index contributed by atoms with van der Waals surface area (Å²) in [6, 6.07) is -0.224. The topological polar surface area (TPSA) is 81.7 Å². The van der Waals surface area contributed by atoms with Gasteiger partial charge in [-0.2, -0.15) is 0 Å². The molecule has 16 heavy (non-hydrogen) atoms. The molecule has 0 saturated carbocycles. The van der Waals surface area contributed by atoms with Gasteiger partial charge >= 0.3 is 12.0 Å². The van der Waals surface area contributed by atoms with Gasteiger partial charge in [-0.05, 0) is 19.5 Å². The Kier molecular flexibility index (Phi) is 8.24. The third kappa shape index (κ3) is 8.05. The number of carboxylic acids is 1. The molecule has 0 aromatic heterocycles. The standard InChI is InChI=1S/C10H21N3O3/c1-3-11-6-4-7-12-10(16)13(2)8-5-9(14)15/h11H,3-8H2,1-2H3,(H,12,16)(H,14,15). The van der Waals surface area contributed by atoms with Crippen LogP contribution in [-0.4, -0.2) is 55.2 Å². The van der Waals surface area contributed by atoms with Gasteiger partial charge in [0.1, 0.15) is 0 Å². The van der Waals surface area contributed by atoms with Gasteiger partial charge in [-0.25, -0.2) is 4.79 Å². The van der Waals surface area contributed by atoms with Gasteiger partial charge in [0.05, 0.1) is 6.42 Å². The molecule has 0 aliphatic carbocycles. The maximum absolute atomic E-state index is 11.4. The van der Waals surface area contributed by atoms with E-state index in [2.05, 4.69) is 10.6 Å². The van der Waals surface area contributed by atoms with Crippen LogP contribution in [-0.2, 0) is 4.79 Å². The van der Waals surface area contributed by atoms with Crippen LogP contribution in [0.1, 0.15) is 19.8 Å². The molecule has 0 rings (SSSR count). The van der Waals surface area contributed by atoms with Gasteiger partial charge in [-0.15, -0.1) is 0 Å².